The van der Waals surface area contributed by atoms with Gasteiger partial charge in [0.2, 0.25) is 10.0 Å². The summed E-state index contributed by atoms with van der Waals surface area (Å²) >= 11 is 0.957. The molecular weight excluding hydrogens is 288 g/mol. The van der Waals surface area contributed by atoms with E-state index < -0.39 is 10.0 Å². The zero-order chi connectivity index (χ0) is 14.6. The zero-order valence-electron chi connectivity index (χ0n) is 11.1. The number of amides is 1. The molecule has 6 nitrogen and oxygen atoms in total. The number of hydrogen-bond donors (Lipinski definition) is 2. The van der Waals surface area contributed by atoms with Gasteiger partial charge in [-0.05, 0) is 18.4 Å². The summed E-state index contributed by atoms with van der Waals surface area (Å²) in [4.78, 5) is 11.9. The SMILES string of the molecule is COCC(C)CNC(=O)c1csc(S(N)(=O)=O)c1C. The molecule has 0 aromatic carbocycles. The van der Waals surface area contributed by atoms with Crippen LogP contribution in [0.4, 0.5) is 0 Å². The van der Waals surface area contributed by atoms with Crippen LogP contribution in [0.25, 0.3) is 0 Å². The monoisotopic (exact) mass is 306 g/mol. The maximum atomic E-state index is 11.9. The molecule has 1 aromatic heterocycles. The fraction of sp³-hybridized carbons (Fsp3) is 0.545. The second-order valence-corrected chi connectivity index (χ2v) is 7.01. The number of rotatable bonds is 6. The van der Waals surface area contributed by atoms with Gasteiger partial charge in [0, 0.05) is 19.0 Å². The van der Waals surface area contributed by atoms with Crippen LogP contribution in [0.3, 0.4) is 0 Å². The Morgan fingerprint density at radius 3 is 2.68 bits per heavy atom. The minimum absolute atomic E-state index is 0.0302. The molecular formula is C11H18N2O4S2. The summed E-state index contributed by atoms with van der Waals surface area (Å²) in [6, 6.07) is 0. The lowest BCUT2D eigenvalue weighted by atomic mass is 10.1. The molecule has 1 aromatic rings. The van der Waals surface area contributed by atoms with E-state index in [0.29, 0.717) is 24.3 Å². The lowest BCUT2D eigenvalue weighted by molar-refractivity contribution is 0.0934. The maximum Gasteiger partial charge on any atom is 0.252 e. The fourth-order valence-corrected chi connectivity index (χ4v) is 3.62. The van der Waals surface area contributed by atoms with Crippen molar-refractivity contribution >= 4 is 27.3 Å². The molecule has 1 unspecified atom stereocenters. The van der Waals surface area contributed by atoms with Crippen LogP contribution >= 0.6 is 11.3 Å². The fourth-order valence-electron chi connectivity index (χ4n) is 1.61. The van der Waals surface area contributed by atoms with Gasteiger partial charge in [-0.15, -0.1) is 11.3 Å². The molecule has 1 amide bonds. The molecule has 19 heavy (non-hydrogen) atoms. The summed E-state index contributed by atoms with van der Waals surface area (Å²) in [5.74, 6) is -0.114. The zero-order valence-corrected chi connectivity index (χ0v) is 12.7. The summed E-state index contributed by atoms with van der Waals surface area (Å²) < 4.78 is 27.6. The van der Waals surface area contributed by atoms with Crippen LogP contribution < -0.4 is 10.5 Å². The third-order valence-corrected chi connectivity index (χ3v) is 5.24. The van der Waals surface area contributed by atoms with Gasteiger partial charge in [-0.3, -0.25) is 4.79 Å². The van der Waals surface area contributed by atoms with Gasteiger partial charge in [-0.25, -0.2) is 13.6 Å². The lowest BCUT2D eigenvalue weighted by Gasteiger charge is -2.11. The second-order valence-electron chi connectivity index (χ2n) is 4.38. The summed E-state index contributed by atoms with van der Waals surface area (Å²) in [6.45, 7) is 4.53. The number of methoxy groups -OCH3 is 1. The van der Waals surface area contributed by atoms with Crippen molar-refractivity contribution in [2.24, 2.45) is 11.1 Å². The summed E-state index contributed by atoms with van der Waals surface area (Å²) in [6.07, 6.45) is 0. The molecule has 1 heterocycles. The molecule has 108 valence electrons. The molecule has 0 fully saturated rings. The Balaban J connectivity index is 2.77. The van der Waals surface area contributed by atoms with Crippen molar-refractivity contribution in [2.45, 2.75) is 18.1 Å². The molecule has 0 saturated heterocycles. The van der Waals surface area contributed by atoms with Gasteiger partial charge >= 0.3 is 0 Å². The molecule has 1 atom stereocenters. The Hall–Kier alpha value is -0.960. The standard InChI is InChI=1S/C11H18N2O4S2/c1-7(5-17-3)4-13-10(14)9-6-18-11(8(9)2)19(12,15)16/h6-7H,4-5H2,1-3H3,(H,13,14)(H2,12,15,16). The predicted octanol–water partition coefficient (Wildman–Crippen LogP) is 0.716. The van der Waals surface area contributed by atoms with Crippen molar-refractivity contribution in [1.82, 2.24) is 5.32 Å². The predicted molar refractivity (Wildman–Crippen MR) is 73.8 cm³/mol. The highest BCUT2D eigenvalue weighted by molar-refractivity contribution is 7.91. The van der Waals surface area contributed by atoms with E-state index in [9.17, 15) is 13.2 Å². The van der Waals surface area contributed by atoms with E-state index in [1.54, 1.807) is 14.0 Å². The summed E-state index contributed by atoms with van der Waals surface area (Å²) in [5.41, 5.74) is 0.739. The third kappa shape index (κ3) is 4.27. The van der Waals surface area contributed by atoms with Gasteiger partial charge in [0.1, 0.15) is 4.21 Å². The highest BCUT2D eigenvalue weighted by Crippen LogP contribution is 2.25. The van der Waals surface area contributed by atoms with Crippen molar-refractivity contribution in [2.75, 3.05) is 20.3 Å². The van der Waals surface area contributed by atoms with Crippen LogP contribution in [0.5, 0.6) is 0 Å². The first-order valence-corrected chi connectivity index (χ1v) is 8.08. The van der Waals surface area contributed by atoms with E-state index >= 15 is 0 Å². The maximum absolute atomic E-state index is 11.9. The molecule has 3 N–H and O–H groups in total. The number of sulfonamides is 1. The highest BCUT2D eigenvalue weighted by atomic mass is 32.2. The smallest absolute Gasteiger partial charge is 0.252 e. The van der Waals surface area contributed by atoms with Crippen LogP contribution in [0.1, 0.15) is 22.8 Å². The van der Waals surface area contributed by atoms with Crippen molar-refractivity contribution < 1.29 is 17.9 Å². The van der Waals surface area contributed by atoms with E-state index in [1.807, 2.05) is 6.92 Å². The number of carbonyl (C=O) groups is 1. The van der Waals surface area contributed by atoms with E-state index in [4.69, 9.17) is 9.88 Å². The average molecular weight is 306 g/mol. The van der Waals surface area contributed by atoms with Gasteiger partial charge in [-0.1, -0.05) is 6.92 Å². The van der Waals surface area contributed by atoms with Crippen molar-refractivity contribution in [3.05, 3.63) is 16.5 Å². The van der Waals surface area contributed by atoms with Crippen LogP contribution in [-0.2, 0) is 14.8 Å². The van der Waals surface area contributed by atoms with Gasteiger partial charge < -0.3 is 10.1 Å². The number of primary sulfonamides is 1. The molecule has 8 heteroatoms. The molecule has 1 rings (SSSR count). The molecule has 0 aliphatic carbocycles. The number of nitrogens with two attached hydrogens (primary N) is 1. The van der Waals surface area contributed by atoms with E-state index in [2.05, 4.69) is 5.32 Å². The van der Waals surface area contributed by atoms with Crippen LogP contribution in [-0.4, -0.2) is 34.6 Å². The normalized spacial score (nSPS) is 13.3. The molecule has 0 saturated carbocycles. The topological polar surface area (TPSA) is 98.5 Å². The number of ether oxygens (including phenoxy) is 1. The Kier molecular flexibility index (Phi) is 5.48. The third-order valence-electron chi connectivity index (χ3n) is 2.56. The van der Waals surface area contributed by atoms with Gasteiger partial charge in [0.25, 0.3) is 5.91 Å². The Morgan fingerprint density at radius 2 is 2.21 bits per heavy atom. The van der Waals surface area contributed by atoms with Gasteiger partial charge in [0.15, 0.2) is 0 Å². The highest BCUT2D eigenvalue weighted by Gasteiger charge is 2.20. The molecule has 0 radical (unpaired) electrons. The quantitative estimate of drug-likeness (QED) is 0.809. The van der Waals surface area contributed by atoms with Crippen LogP contribution in [0.2, 0.25) is 0 Å². The number of nitrogens with one attached hydrogen (secondary N) is 1. The molecule has 0 aliphatic rings. The minimum Gasteiger partial charge on any atom is -0.384 e. The number of thiophene rings is 1. The average Bonchev–Trinajstić information content (AvgIpc) is 2.68. The van der Waals surface area contributed by atoms with Crippen molar-refractivity contribution in [3.63, 3.8) is 0 Å². The van der Waals surface area contributed by atoms with Gasteiger partial charge in [0.05, 0.1) is 12.2 Å². The Morgan fingerprint density at radius 1 is 1.58 bits per heavy atom. The Labute approximate surface area is 117 Å². The minimum atomic E-state index is -3.77. The largest absolute Gasteiger partial charge is 0.384 e. The second kappa shape index (κ2) is 6.47. The van der Waals surface area contributed by atoms with Crippen molar-refractivity contribution in [3.8, 4) is 0 Å². The molecule has 0 spiro atoms. The molecule has 0 aliphatic heterocycles. The number of carbonyl (C=O) groups excluding carboxylic acids is 1. The van der Waals surface area contributed by atoms with Crippen LogP contribution in [0.15, 0.2) is 9.59 Å². The van der Waals surface area contributed by atoms with Crippen molar-refractivity contribution in [1.29, 1.82) is 0 Å². The summed E-state index contributed by atoms with van der Waals surface area (Å²) in [7, 11) is -2.17. The van der Waals surface area contributed by atoms with Crippen LogP contribution in [0, 0.1) is 12.8 Å². The first kappa shape index (κ1) is 16.1. The van der Waals surface area contributed by atoms with Gasteiger partial charge in [-0.2, -0.15) is 0 Å². The first-order chi connectivity index (χ1) is 8.77. The first-order valence-electron chi connectivity index (χ1n) is 5.65. The van der Waals surface area contributed by atoms with E-state index in [1.165, 1.54) is 5.38 Å². The van der Waals surface area contributed by atoms with E-state index in [0.717, 1.165) is 11.3 Å². The Bertz CT molecular complexity index is 551. The molecule has 0 bridgehead atoms. The van der Waals surface area contributed by atoms with E-state index in [-0.39, 0.29) is 16.0 Å². The lowest BCUT2D eigenvalue weighted by Crippen LogP contribution is -2.30. The number of hydrogen-bond acceptors (Lipinski definition) is 5. The summed E-state index contributed by atoms with van der Waals surface area (Å²) in [5, 5.41) is 9.31.